The van der Waals surface area contributed by atoms with Crippen LogP contribution in [0.2, 0.25) is 5.02 Å². The number of nitrogens with one attached hydrogen (secondary N) is 1. The Bertz CT molecular complexity index is 1160. The monoisotopic (exact) mass is 454 g/mol. The SMILES string of the molecule is CCOc1ccc(-n2c(SCC(=O)Nc3cccc(Cl)c3)nnc2-c2ccco2)cc1. The largest absolute Gasteiger partial charge is 0.494 e. The molecule has 0 radical (unpaired) electrons. The fraction of sp³-hybridized carbons (Fsp3) is 0.136. The van der Waals surface area contributed by atoms with Crippen LogP contribution >= 0.6 is 23.4 Å². The second kappa shape index (κ2) is 9.72. The molecule has 0 aliphatic heterocycles. The van der Waals surface area contributed by atoms with Crippen molar-refractivity contribution >= 4 is 35.0 Å². The number of thioether (sulfide) groups is 1. The maximum absolute atomic E-state index is 12.4. The van der Waals surface area contributed by atoms with Gasteiger partial charge < -0.3 is 14.5 Å². The molecule has 0 fully saturated rings. The van der Waals surface area contributed by atoms with Crippen LogP contribution in [0.3, 0.4) is 0 Å². The number of anilines is 1. The van der Waals surface area contributed by atoms with Crippen molar-refractivity contribution in [2.75, 3.05) is 17.7 Å². The molecule has 0 saturated heterocycles. The average molecular weight is 455 g/mol. The van der Waals surface area contributed by atoms with E-state index in [0.717, 1.165) is 11.4 Å². The standard InChI is InChI=1S/C22H19ClN4O3S/c1-2-29-18-10-8-17(9-11-18)27-21(19-7-4-12-30-19)25-26-22(27)31-14-20(28)24-16-6-3-5-15(23)13-16/h3-13H,2,14H2,1H3,(H,24,28). The zero-order chi connectivity index (χ0) is 21.6. The number of hydrogen-bond donors (Lipinski definition) is 1. The summed E-state index contributed by atoms with van der Waals surface area (Å²) in [4.78, 5) is 12.4. The molecule has 0 unspecified atom stereocenters. The number of carbonyl (C=O) groups excluding carboxylic acids is 1. The Labute approximate surface area is 188 Å². The summed E-state index contributed by atoms with van der Waals surface area (Å²) in [7, 11) is 0. The fourth-order valence-corrected chi connectivity index (χ4v) is 3.86. The number of aromatic nitrogens is 3. The van der Waals surface area contributed by atoms with Crippen LogP contribution in [0.1, 0.15) is 6.92 Å². The highest BCUT2D eigenvalue weighted by atomic mass is 35.5. The summed E-state index contributed by atoms with van der Waals surface area (Å²) in [6.45, 7) is 2.53. The van der Waals surface area contributed by atoms with Crippen LogP contribution in [-0.4, -0.2) is 33.0 Å². The Morgan fingerprint density at radius 1 is 1.16 bits per heavy atom. The Morgan fingerprint density at radius 2 is 2.00 bits per heavy atom. The minimum Gasteiger partial charge on any atom is -0.494 e. The lowest BCUT2D eigenvalue weighted by Crippen LogP contribution is -2.14. The first-order chi connectivity index (χ1) is 15.1. The number of ether oxygens (including phenoxy) is 1. The van der Waals surface area contributed by atoms with Gasteiger partial charge in [0.25, 0.3) is 0 Å². The quantitative estimate of drug-likeness (QED) is 0.363. The van der Waals surface area contributed by atoms with Gasteiger partial charge in [-0.1, -0.05) is 29.4 Å². The van der Waals surface area contributed by atoms with Gasteiger partial charge in [-0.3, -0.25) is 9.36 Å². The summed E-state index contributed by atoms with van der Waals surface area (Å²) in [6.07, 6.45) is 1.58. The van der Waals surface area contributed by atoms with Gasteiger partial charge in [-0.2, -0.15) is 0 Å². The van der Waals surface area contributed by atoms with E-state index in [9.17, 15) is 4.79 Å². The lowest BCUT2D eigenvalue weighted by atomic mass is 10.3. The van der Waals surface area contributed by atoms with Crippen LogP contribution in [0.15, 0.2) is 76.5 Å². The van der Waals surface area contributed by atoms with Gasteiger partial charge in [0.15, 0.2) is 10.9 Å². The van der Waals surface area contributed by atoms with Gasteiger partial charge in [0.2, 0.25) is 11.7 Å². The molecule has 0 aliphatic carbocycles. The molecule has 0 spiro atoms. The molecule has 9 heteroatoms. The van der Waals surface area contributed by atoms with Crippen molar-refractivity contribution in [3.05, 3.63) is 71.9 Å². The van der Waals surface area contributed by atoms with Gasteiger partial charge in [-0.25, -0.2) is 0 Å². The summed E-state index contributed by atoms with van der Waals surface area (Å²) in [5, 5.41) is 12.5. The Balaban J connectivity index is 1.56. The number of benzene rings is 2. The molecule has 1 N–H and O–H groups in total. The van der Waals surface area contributed by atoms with Crippen LogP contribution in [0.4, 0.5) is 5.69 Å². The van der Waals surface area contributed by atoms with Crippen molar-refractivity contribution in [3.8, 4) is 23.0 Å². The molecule has 2 heterocycles. The van der Waals surface area contributed by atoms with E-state index in [0.29, 0.717) is 34.1 Å². The molecule has 158 valence electrons. The summed E-state index contributed by atoms with van der Waals surface area (Å²) in [5.74, 6) is 1.88. The van der Waals surface area contributed by atoms with E-state index in [1.807, 2.05) is 41.8 Å². The second-order valence-electron chi connectivity index (χ2n) is 6.39. The van der Waals surface area contributed by atoms with E-state index in [-0.39, 0.29) is 11.7 Å². The van der Waals surface area contributed by atoms with Crippen molar-refractivity contribution in [1.82, 2.24) is 14.8 Å². The Hall–Kier alpha value is -3.23. The number of furan rings is 1. The van der Waals surface area contributed by atoms with E-state index in [1.54, 1.807) is 36.6 Å². The highest BCUT2D eigenvalue weighted by Crippen LogP contribution is 2.29. The highest BCUT2D eigenvalue weighted by Gasteiger charge is 2.19. The maximum atomic E-state index is 12.4. The molecule has 1 amide bonds. The number of halogens is 1. The van der Waals surface area contributed by atoms with Crippen LogP contribution < -0.4 is 10.1 Å². The van der Waals surface area contributed by atoms with E-state index >= 15 is 0 Å². The predicted molar refractivity (Wildman–Crippen MR) is 121 cm³/mol. The number of amides is 1. The van der Waals surface area contributed by atoms with Gasteiger partial charge >= 0.3 is 0 Å². The van der Waals surface area contributed by atoms with E-state index in [1.165, 1.54) is 11.8 Å². The van der Waals surface area contributed by atoms with Gasteiger partial charge in [-0.15, -0.1) is 10.2 Å². The molecule has 31 heavy (non-hydrogen) atoms. The van der Waals surface area contributed by atoms with Crippen LogP contribution in [0.5, 0.6) is 5.75 Å². The number of hydrogen-bond acceptors (Lipinski definition) is 6. The fourth-order valence-electron chi connectivity index (χ4n) is 2.91. The van der Waals surface area contributed by atoms with E-state index < -0.39 is 0 Å². The third-order valence-electron chi connectivity index (χ3n) is 4.22. The first kappa shape index (κ1) is 21.0. The third kappa shape index (κ3) is 5.10. The van der Waals surface area contributed by atoms with Crippen molar-refractivity contribution in [3.63, 3.8) is 0 Å². The highest BCUT2D eigenvalue weighted by molar-refractivity contribution is 7.99. The van der Waals surface area contributed by atoms with Crippen molar-refractivity contribution in [2.45, 2.75) is 12.1 Å². The van der Waals surface area contributed by atoms with E-state index in [2.05, 4.69) is 15.5 Å². The number of rotatable bonds is 8. The molecule has 4 aromatic rings. The molecule has 4 rings (SSSR count). The van der Waals surface area contributed by atoms with Gasteiger partial charge in [0, 0.05) is 10.7 Å². The lowest BCUT2D eigenvalue weighted by molar-refractivity contribution is -0.113. The van der Waals surface area contributed by atoms with Crippen molar-refractivity contribution in [1.29, 1.82) is 0 Å². The molecule has 0 atom stereocenters. The number of nitrogens with zero attached hydrogens (tertiary/aromatic N) is 3. The van der Waals surface area contributed by atoms with Gasteiger partial charge in [-0.05, 0) is 61.5 Å². The molecular weight excluding hydrogens is 436 g/mol. The topological polar surface area (TPSA) is 82.2 Å². The van der Waals surface area contributed by atoms with Gasteiger partial charge in [0.05, 0.1) is 24.3 Å². The van der Waals surface area contributed by atoms with Crippen LogP contribution in [0.25, 0.3) is 17.3 Å². The summed E-state index contributed by atoms with van der Waals surface area (Å²) < 4.78 is 12.9. The molecular formula is C22H19ClN4O3S. The Morgan fingerprint density at radius 3 is 2.71 bits per heavy atom. The second-order valence-corrected chi connectivity index (χ2v) is 7.77. The first-order valence-electron chi connectivity index (χ1n) is 9.55. The molecule has 0 bridgehead atoms. The summed E-state index contributed by atoms with van der Waals surface area (Å²) in [5.41, 5.74) is 1.47. The summed E-state index contributed by atoms with van der Waals surface area (Å²) >= 11 is 7.25. The molecule has 2 aromatic carbocycles. The van der Waals surface area contributed by atoms with Crippen molar-refractivity contribution < 1.29 is 13.9 Å². The third-order valence-corrected chi connectivity index (χ3v) is 5.39. The summed E-state index contributed by atoms with van der Waals surface area (Å²) in [6, 6.07) is 18.2. The van der Waals surface area contributed by atoms with E-state index in [4.69, 9.17) is 20.8 Å². The average Bonchev–Trinajstić information content (AvgIpc) is 3.43. The molecule has 2 aromatic heterocycles. The molecule has 0 saturated carbocycles. The Kier molecular flexibility index (Phi) is 6.59. The lowest BCUT2D eigenvalue weighted by Gasteiger charge is -2.10. The van der Waals surface area contributed by atoms with Crippen molar-refractivity contribution in [2.24, 2.45) is 0 Å². The zero-order valence-electron chi connectivity index (χ0n) is 16.6. The van der Waals surface area contributed by atoms with Crippen LogP contribution in [-0.2, 0) is 4.79 Å². The zero-order valence-corrected chi connectivity index (χ0v) is 18.2. The predicted octanol–water partition coefficient (Wildman–Crippen LogP) is 5.31. The minimum atomic E-state index is -0.173. The minimum absolute atomic E-state index is 0.153. The first-order valence-corrected chi connectivity index (χ1v) is 10.9. The normalized spacial score (nSPS) is 10.8. The maximum Gasteiger partial charge on any atom is 0.234 e. The number of carbonyl (C=O) groups is 1. The molecule has 0 aliphatic rings. The van der Waals surface area contributed by atoms with Crippen LogP contribution in [0, 0.1) is 0 Å². The van der Waals surface area contributed by atoms with Gasteiger partial charge in [0.1, 0.15) is 5.75 Å². The smallest absolute Gasteiger partial charge is 0.234 e. The molecule has 7 nitrogen and oxygen atoms in total.